The fourth-order valence-electron chi connectivity index (χ4n) is 3.16. The van der Waals surface area contributed by atoms with Gasteiger partial charge in [-0.25, -0.2) is 0 Å². The molecule has 3 rings (SSSR count). The molecule has 0 aromatic heterocycles. The van der Waals surface area contributed by atoms with Crippen LogP contribution in [0.1, 0.15) is 36.5 Å². The Hall–Kier alpha value is -1.22. The van der Waals surface area contributed by atoms with Crippen LogP contribution in [0.3, 0.4) is 0 Å². The number of phenolic OH excluding ortho intramolecular Hbond substituents is 1. The maximum Gasteiger partial charge on any atom is 0.124 e. The van der Waals surface area contributed by atoms with Crippen molar-refractivity contribution in [3.05, 3.63) is 22.8 Å². The van der Waals surface area contributed by atoms with E-state index in [1.54, 1.807) is 0 Å². The zero-order chi connectivity index (χ0) is 12.0. The summed E-state index contributed by atoms with van der Waals surface area (Å²) in [5, 5.41) is 13.9. The van der Waals surface area contributed by atoms with Gasteiger partial charge in [-0.05, 0) is 44.9 Å². The van der Waals surface area contributed by atoms with Crippen LogP contribution in [0.25, 0.3) is 0 Å². The number of ether oxygens (including phenoxy) is 1. The van der Waals surface area contributed by atoms with Crippen LogP contribution in [0.15, 0.2) is 6.07 Å². The molecule has 1 unspecified atom stereocenters. The highest BCUT2D eigenvalue weighted by Gasteiger charge is 2.37. The molecule has 1 saturated heterocycles. The fourth-order valence-corrected chi connectivity index (χ4v) is 3.16. The normalized spacial score (nSPS) is 26.9. The zero-order valence-electron chi connectivity index (χ0n) is 10.5. The van der Waals surface area contributed by atoms with E-state index < -0.39 is 0 Å². The van der Waals surface area contributed by atoms with Crippen molar-refractivity contribution in [2.75, 3.05) is 13.2 Å². The smallest absolute Gasteiger partial charge is 0.124 e. The number of benzene rings is 1. The standard InChI is InChI=1S/C14H19NO2/c1-9-8-11-10(4-7-17-11)12(13(9)16)14(2)5-3-6-15-14/h8,15-16H,3-7H2,1-2H3. The quantitative estimate of drug-likeness (QED) is 0.781. The first-order valence-corrected chi connectivity index (χ1v) is 6.35. The summed E-state index contributed by atoms with van der Waals surface area (Å²) in [6, 6.07) is 1.96. The van der Waals surface area contributed by atoms with Gasteiger partial charge in [0, 0.05) is 23.1 Å². The van der Waals surface area contributed by atoms with E-state index in [0.29, 0.717) is 5.75 Å². The van der Waals surface area contributed by atoms with Gasteiger partial charge in [0.2, 0.25) is 0 Å². The minimum Gasteiger partial charge on any atom is -0.507 e. The third-order valence-electron chi connectivity index (χ3n) is 4.09. The highest BCUT2D eigenvalue weighted by Crippen LogP contribution is 2.45. The van der Waals surface area contributed by atoms with Crippen molar-refractivity contribution >= 4 is 0 Å². The van der Waals surface area contributed by atoms with Gasteiger partial charge < -0.3 is 15.2 Å². The third-order valence-corrected chi connectivity index (χ3v) is 4.09. The summed E-state index contributed by atoms with van der Waals surface area (Å²) in [6.07, 6.45) is 3.16. The summed E-state index contributed by atoms with van der Waals surface area (Å²) in [5.74, 6) is 1.41. The molecular weight excluding hydrogens is 214 g/mol. The average molecular weight is 233 g/mol. The van der Waals surface area contributed by atoms with Gasteiger partial charge in [0.25, 0.3) is 0 Å². The van der Waals surface area contributed by atoms with Crippen molar-refractivity contribution in [1.29, 1.82) is 0 Å². The van der Waals surface area contributed by atoms with Crippen molar-refractivity contribution in [2.24, 2.45) is 0 Å². The molecular formula is C14H19NO2. The molecule has 0 radical (unpaired) electrons. The topological polar surface area (TPSA) is 41.5 Å². The molecule has 3 nitrogen and oxygen atoms in total. The molecule has 92 valence electrons. The summed E-state index contributed by atoms with van der Waals surface area (Å²) >= 11 is 0. The van der Waals surface area contributed by atoms with Crippen LogP contribution in [0.2, 0.25) is 0 Å². The lowest BCUT2D eigenvalue weighted by Gasteiger charge is -2.28. The zero-order valence-corrected chi connectivity index (χ0v) is 10.5. The summed E-state index contributed by atoms with van der Waals surface area (Å²) < 4.78 is 5.64. The van der Waals surface area contributed by atoms with E-state index in [4.69, 9.17) is 4.74 Å². The maximum absolute atomic E-state index is 10.4. The second-order valence-electron chi connectivity index (χ2n) is 5.35. The summed E-state index contributed by atoms with van der Waals surface area (Å²) in [4.78, 5) is 0. The van der Waals surface area contributed by atoms with E-state index in [2.05, 4.69) is 12.2 Å². The van der Waals surface area contributed by atoms with E-state index in [0.717, 1.165) is 42.9 Å². The minimum atomic E-state index is -0.0894. The molecule has 1 aromatic carbocycles. The molecule has 0 saturated carbocycles. The van der Waals surface area contributed by atoms with Crippen LogP contribution in [0, 0.1) is 6.92 Å². The molecule has 2 heterocycles. The first-order chi connectivity index (χ1) is 8.12. The van der Waals surface area contributed by atoms with Crippen molar-refractivity contribution in [2.45, 2.75) is 38.6 Å². The van der Waals surface area contributed by atoms with Gasteiger partial charge in [-0.2, -0.15) is 0 Å². The van der Waals surface area contributed by atoms with Crippen molar-refractivity contribution < 1.29 is 9.84 Å². The highest BCUT2D eigenvalue weighted by atomic mass is 16.5. The van der Waals surface area contributed by atoms with E-state index in [1.165, 1.54) is 12.0 Å². The molecule has 2 aliphatic rings. The number of aromatic hydroxyl groups is 1. The second kappa shape index (κ2) is 3.64. The van der Waals surface area contributed by atoms with Gasteiger partial charge >= 0.3 is 0 Å². The number of nitrogens with one attached hydrogen (secondary N) is 1. The average Bonchev–Trinajstić information content (AvgIpc) is 2.89. The molecule has 0 bridgehead atoms. The third kappa shape index (κ3) is 1.53. The maximum atomic E-state index is 10.4. The Kier molecular flexibility index (Phi) is 2.33. The Bertz CT molecular complexity index is 462. The first-order valence-electron chi connectivity index (χ1n) is 6.35. The Morgan fingerprint density at radius 2 is 2.29 bits per heavy atom. The first kappa shape index (κ1) is 10.9. The van der Waals surface area contributed by atoms with Gasteiger partial charge in [0.1, 0.15) is 11.5 Å². The lowest BCUT2D eigenvalue weighted by Crippen LogP contribution is -2.34. The number of aryl methyl sites for hydroxylation is 1. The number of fused-ring (bicyclic) bond motifs is 1. The minimum absolute atomic E-state index is 0.0894. The van der Waals surface area contributed by atoms with Gasteiger partial charge in [0.15, 0.2) is 0 Å². The summed E-state index contributed by atoms with van der Waals surface area (Å²) in [6.45, 7) is 5.90. The molecule has 0 spiro atoms. The fraction of sp³-hybridized carbons (Fsp3) is 0.571. The molecule has 17 heavy (non-hydrogen) atoms. The molecule has 1 fully saturated rings. The molecule has 1 atom stereocenters. The molecule has 0 amide bonds. The molecule has 0 aliphatic carbocycles. The van der Waals surface area contributed by atoms with Gasteiger partial charge in [-0.15, -0.1) is 0 Å². The Balaban J connectivity index is 2.21. The van der Waals surface area contributed by atoms with Crippen LogP contribution in [0.5, 0.6) is 11.5 Å². The van der Waals surface area contributed by atoms with E-state index in [9.17, 15) is 5.11 Å². The molecule has 3 heteroatoms. The molecule has 2 aliphatic heterocycles. The lowest BCUT2D eigenvalue weighted by atomic mass is 9.84. The molecule has 2 N–H and O–H groups in total. The lowest BCUT2D eigenvalue weighted by molar-refractivity contribution is 0.356. The van der Waals surface area contributed by atoms with Crippen molar-refractivity contribution in [3.63, 3.8) is 0 Å². The van der Waals surface area contributed by atoms with Gasteiger partial charge in [-0.1, -0.05) is 0 Å². The number of hydrogen-bond acceptors (Lipinski definition) is 3. The Labute approximate surface area is 102 Å². The summed E-state index contributed by atoms with van der Waals surface area (Å²) in [7, 11) is 0. The number of rotatable bonds is 1. The molecule has 1 aromatic rings. The predicted octanol–water partition coefficient (Wildman–Crippen LogP) is 2.23. The number of phenols is 1. The van der Waals surface area contributed by atoms with Crippen LogP contribution in [-0.2, 0) is 12.0 Å². The van der Waals surface area contributed by atoms with Crippen LogP contribution in [0.4, 0.5) is 0 Å². The number of hydrogen-bond donors (Lipinski definition) is 2. The SMILES string of the molecule is Cc1cc2c(c(C3(C)CCCN3)c1O)CCO2. The monoisotopic (exact) mass is 233 g/mol. The predicted molar refractivity (Wildman–Crippen MR) is 66.6 cm³/mol. The van der Waals surface area contributed by atoms with Crippen LogP contribution in [-0.4, -0.2) is 18.3 Å². The van der Waals surface area contributed by atoms with Gasteiger partial charge in [0.05, 0.1) is 6.61 Å². The Morgan fingerprint density at radius 1 is 1.47 bits per heavy atom. The van der Waals surface area contributed by atoms with E-state index in [-0.39, 0.29) is 5.54 Å². The van der Waals surface area contributed by atoms with Crippen molar-refractivity contribution in [1.82, 2.24) is 5.32 Å². The van der Waals surface area contributed by atoms with Crippen molar-refractivity contribution in [3.8, 4) is 11.5 Å². The van der Waals surface area contributed by atoms with E-state index >= 15 is 0 Å². The van der Waals surface area contributed by atoms with E-state index in [1.807, 2.05) is 13.0 Å². The van der Waals surface area contributed by atoms with Crippen LogP contribution < -0.4 is 10.1 Å². The summed E-state index contributed by atoms with van der Waals surface area (Å²) in [5.41, 5.74) is 3.09. The second-order valence-corrected chi connectivity index (χ2v) is 5.35. The van der Waals surface area contributed by atoms with Crippen LogP contribution >= 0.6 is 0 Å². The highest BCUT2D eigenvalue weighted by molar-refractivity contribution is 5.57. The largest absolute Gasteiger partial charge is 0.507 e. The Morgan fingerprint density at radius 3 is 3.00 bits per heavy atom. The van der Waals surface area contributed by atoms with Gasteiger partial charge in [-0.3, -0.25) is 0 Å².